The van der Waals surface area contributed by atoms with Gasteiger partial charge in [0, 0.05) is 10.6 Å². The van der Waals surface area contributed by atoms with Crippen LogP contribution in [0.5, 0.6) is 0 Å². The van der Waals surface area contributed by atoms with E-state index in [4.69, 9.17) is 0 Å². The maximum absolute atomic E-state index is 13.3. The lowest BCUT2D eigenvalue weighted by molar-refractivity contribution is -0.130. The molecule has 148 valence electrons. The molecule has 0 aliphatic carbocycles. The zero-order valence-corrected chi connectivity index (χ0v) is 17.0. The Morgan fingerprint density at radius 3 is 1.80 bits per heavy atom. The van der Waals surface area contributed by atoms with Gasteiger partial charge in [0.25, 0.3) is 17.7 Å². The fraction of sp³-hybridized carbons (Fsp3) is 0.125. The Hall–Kier alpha value is -3.38. The predicted molar refractivity (Wildman–Crippen MR) is 116 cm³/mol. The molecule has 2 aliphatic rings. The molecule has 3 aromatic carbocycles. The number of hydrogen-bond acceptors (Lipinski definition) is 4. The number of rotatable bonds is 4. The number of carbonyl (C=O) groups is 3. The van der Waals surface area contributed by atoms with Gasteiger partial charge in [0.05, 0.1) is 17.2 Å². The summed E-state index contributed by atoms with van der Waals surface area (Å²) in [6.07, 6.45) is 2.00. The smallest absolute Gasteiger partial charge is 0.262 e. The van der Waals surface area contributed by atoms with E-state index in [1.807, 2.05) is 60.9 Å². The van der Waals surface area contributed by atoms with E-state index in [2.05, 4.69) is 0 Å². The van der Waals surface area contributed by atoms with E-state index < -0.39 is 23.9 Å². The molecule has 6 heteroatoms. The Morgan fingerprint density at radius 2 is 1.23 bits per heavy atom. The lowest BCUT2D eigenvalue weighted by atomic mass is 9.86. The van der Waals surface area contributed by atoms with Gasteiger partial charge in [-0.3, -0.25) is 19.3 Å². The van der Waals surface area contributed by atoms with Crippen molar-refractivity contribution in [3.8, 4) is 0 Å². The van der Waals surface area contributed by atoms with Crippen LogP contribution in [-0.4, -0.2) is 34.9 Å². The molecule has 0 spiro atoms. The second-order valence-electron chi connectivity index (χ2n) is 7.23. The van der Waals surface area contributed by atoms with Crippen molar-refractivity contribution in [3.05, 3.63) is 95.6 Å². The normalized spacial score (nSPS) is 20.4. The molecule has 30 heavy (non-hydrogen) atoms. The highest BCUT2D eigenvalue weighted by molar-refractivity contribution is 7.98. The van der Waals surface area contributed by atoms with E-state index in [0.717, 1.165) is 21.0 Å². The molecule has 0 aromatic heterocycles. The van der Waals surface area contributed by atoms with Crippen molar-refractivity contribution in [2.75, 3.05) is 11.2 Å². The molecule has 5 rings (SSSR count). The molecular formula is C24H18N2O3S. The second-order valence-corrected chi connectivity index (χ2v) is 8.11. The van der Waals surface area contributed by atoms with Crippen LogP contribution >= 0.6 is 11.8 Å². The Balaban J connectivity index is 1.58. The molecular weight excluding hydrogens is 396 g/mol. The van der Waals surface area contributed by atoms with Crippen LogP contribution in [0, 0.1) is 0 Å². The first-order valence-corrected chi connectivity index (χ1v) is 10.8. The van der Waals surface area contributed by atoms with Gasteiger partial charge in [-0.2, -0.15) is 0 Å². The summed E-state index contributed by atoms with van der Waals surface area (Å²) >= 11 is 1.63. The lowest BCUT2D eigenvalue weighted by Gasteiger charge is -2.49. The molecule has 2 unspecified atom stereocenters. The monoisotopic (exact) mass is 414 g/mol. The average Bonchev–Trinajstić information content (AvgIpc) is 3.04. The Labute approximate surface area is 178 Å². The van der Waals surface area contributed by atoms with Gasteiger partial charge in [-0.15, -0.1) is 11.8 Å². The minimum Gasteiger partial charge on any atom is -0.300 e. The summed E-state index contributed by atoms with van der Waals surface area (Å²) in [4.78, 5) is 43.3. The summed E-state index contributed by atoms with van der Waals surface area (Å²) in [6.45, 7) is 0. The molecule has 3 aromatic rings. The Kier molecular flexibility index (Phi) is 4.44. The van der Waals surface area contributed by atoms with Crippen LogP contribution in [0.25, 0.3) is 0 Å². The van der Waals surface area contributed by atoms with E-state index in [0.29, 0.717) is 11.1 Å². The molecule has 2 heterocycles. The van der Waals surface area contributed by atoms with Gasteiger partial charge in [0.15, 0.2) is 0 Å². The summed E-state index contributed by atoms with van der Waals surface area (Å²) in [5, 5.41) is 0. The van der Waals surface area contributed by atoms with E-state index >= 15 is 0 Å². The van der Waals surface area contributed by atoms with Crippen LogP contribution in [-0.2, 0) is 4.79 Å². The molecule has 0 bridgehead atoms. The second kappa shape index (κ2) is 7.15. The number of fused-ring (bicyclic) bond motifs is 1. The van der Waals surface area contributed by atoms with Gasteiger partial charge in [0.2, 0.25) is 0 Å². The maximum atomic E-state index is 13.3. The molecule has 2 atom stereocenters. The molecule has 0 radical (unpaired) electrons. The molecule has 5 nitrogen and oxygen atoms in total. The topological polar surface area (TPSA) is 57.7 Å². The van der Waals surface area contributed by atoms with Crippen molar-refractivity contribution < 1.29 is 14.4 Å². The number of carbonyl (C=O) groups excluding carboxylic acids is 3. The van der Waals surface area contributed by atoms with Crippen molar-refractivity contribution in [3.63, 3.8) is 0 Å². The minimum absolute atomic E-state index is 0.255. The highest BCUT2D eigenvalue weighted by atomic mass is 32.2. The van der Waals surface area contributed by atoms with Crippen LogP contribution in [0.4, 0.5) is 5.69 Å². The third-order valence-corrected chi connectivity index (χ3v) is 6.41. The quantitative estimate of drug-likeness (QED) is 0.365. The summed E-state index contributed by atoms with van der Waals surface area (Å²) in [5.41, 5.74) is 2.34. The number of thioether (sulfide) groups is 1. The van der Waals surface area contributed by atoms with Crippen molar-refractivity contribution in [1.29, 1.82) is 0 Å². The lowest BCUT2D eigenvalue weighted by Crippen LogP contribution is -2.67. The number of amides is 3. The van der Waals surface area contributed by atoms with Gasteiger partial charge in [-0.05, 0) is 48.2 Å². The summed E-state index contributed by atoms with van der Waals surface area (Å²) in [5.74, 6) is -1.07. The van der Waals surface area contributed by atoms with Crippen LogP contribution in [0.3, 0.4) is 0 Å². The summed E-state index contributed by atoms with van der Waals surface area (Å²) in [7, 11) is 0. The maximum Gasteiger partial charge on any atom is 0.262 e. The number of benzene rings is 3. The fourth-order valence-electron chi connectivity index (χ4n) is 4.19. The molecule has 0 saturated carbocycles. The van der Waals surface area contributed by atoms with Crippen LogP contribution in [0.1, 0.15) is 32.3 Å². The first-order chi connectivity index (χ1) is 14.6. The van der Waals surface area contributed by atoms with Gasteiger partial charge in [-0.1, -0.05) is 42.5 Å². The number of β-lactam (4-membered cyclic amide) rings is 1. The zero-order valence-electron chi connectivity index (χ0n) is 16.2. The fourth-order valence-corrected chi connectivity index (χ4v) is 4.60. The number of hydrogen-bond donors (Lipinski definition) is 0. The Bertz CT molecular complexity index is 1130. The highest BCUT2D eigenvalue weighted by Gasteiger charge is 2.57. The van der Waals surface area contributed by atoms with Gasteiger partial charge >= 0.3 is 0 Å². The average molecular weight is 414 g/mol. The van der Waals surface area contributed by atoms with Gasteiger partial charge in [0.1, 0.15) is 6.04 Å². The molecule has 1 fully saturated rings. The van der Waals surface area contributed by atoms with E-state index in [1.165, 1.54) is 0 Å². The highest BCUT2D eigenvalue weighted by Crippen LogP contribution is 2.44. The third kappa shape index (κ3) is 2.68. The predicted octanol–water partition coefficient (Wildman–Crippen LogP) is 4.16. The SMILES string of the molecule is CSc1ccc(C2C(N3C(=O)c4ccccc4C3=O)C(=O)N2c2ccccc2)cc1. The van der Waals surface area contributed by atoms with E-state index in [9.17, 15) is 14.4 Å². The first kappa shape index (κ1) is 18.6. The van der Waals surface area contributed by atoms with E-state index in [-0.39, 0.29) is 5.91 Å². The standard InChI is InChI=1S/C24H18N2O3S/c1-30-17-13-11-15(12-14-17)20-21(24(29)25(20)16-7-3-2-4-8-16)26-22(27)18-9-5-6-10-19(18)23(26)28/h2-14,20-21H,1H3. The summed E-state index contributed by atoms with van der Waals surface area (Å²) in [6, 6.07) is 22.7. The molecule has 1 saturated heterocycles. The van der Waals surface area contributed by atoms with Crippen molar-refractivity contribution in [2.45, 2.75) is 17.0 Å². The summed E-state index contributed by atoms with van der Waals surface area (Å²) < 4.78 is 0. The largest absolute Gasteiger partial charge is 0.300 e. The molecule has 0 N–H and O–H groups in total. The number of nitrogens with zero attached hydrogens (tertiary/aromatic N) is 2. The van der Waals surface area contributed by atoms with Crippen molar-refractivity contribution in [2.24, 2.45) is 0 Å². The van der Waals surface area contributed by atoms with Crippen LogP contribution in [0.2, 0.25) is 0 Å². The van der Waals surface area contributed by atoms with Gasteiger partial charge < -0.3 is 4.90 Å². The van der Waals surface area contributed by atoms with Crippen LogP contribution < -0.4 is 4.90 Å². The number of para-hydroxylation sites is 1. The Morgan fingerprint density at radius 1 is 0.667 bits per heavy atom. The van der Waals surface area contributed by atoms with E-state index in [1.54, 1.807) is 40.9 Å². The minimum atomic E-state index is -0.863. The van der Waals surface area contributed by atoms with Gasteiger partial charge in [-0.25, -0.2) is 0 Å². The zero-order chi connectivity index (χ0) is 20.8. The molecule has 2 aliphatic heterocycles. The third-order valence-electron chi connectivity index (χ3n) is 5.66. The number of imide groups is 1. The first-order valence-electron chi connectivity index (χ1n) is 9.61. The molecule has 3 amide bonds. The van der Waals surface area contributed by atoms with Crippen molar-refractivity contribution in [1.82, 2.24) is 4.90 Å². The van der Waals surface area contributed by atoms with Crippen molar-refractivity contribution >= 4 is 35.2 Å². The number of anilines is 1. The van der Waals surface area contributed by atoms with Crippen LogP contribution in [0.15, 0.2) is 83.8 Å².